The molecule has 0 spiro atoms. The number of nitrogens with one attached hydrogen (secondary N) is 3. The van der Waals surface area contributed by atoms with Crippen LogP contribution in [0.25, 0.3) is 17.3 Å². The van der Waals surface area contributed by atoms with Crippen LogP contribution in [-0.4, -0.2) is 54.1 Å². The van der Waals surface area contributed by atoms with Crippen LogP contribution in [0.4, 0.5) is 10.6 Å². The molecule has 3 aliphatic heterocycles. The first kappa shape index (κ1) is 17.6. The Morgan fingerprint density at radius 1 is 1.14 bits per heavy atom. The van der Waals surface area contributed by atoms with Crippen LogP contribution in [0.15, 0.2) is 36.2 Å². The number of hydrogen-bond donors (Lipinski definition) is 3. The van der Waals surface area contributed by atoms with Crippen molar-refractivity contribution in [1.82, 2.24) is 25.9 Å². The molecule has 0 aromatic carbocycles. The van der Waals surface area contributed by atoms with Gasteiger partial charge in [0.15, 0.2) is 6.04 Å². The summed E-state index contributed by atoms with van der Waals surface area (Å²) >= 11 is 0. The molecule has 148 valence electrons. The van der Waals surface area contributed by atoms with Gasteiger partial charge in [0.2, 0.25) is 0 Å². The zero-order valence-electron chi connectivity index (χ0n) is 15.6. The summed E-state index contributed by atoms with van der Waals surface area (Å²) in [5.74, 6) is 0.908. The Morgan fingerprint density at radius 2 is 2.00 bits per heavy atom. The summed E-state index contributed by atoms with van der Waals surface area (Å²) in [5, 5.41) is 8.11. The predicted octanol–water partition coefficient (Wildman–Crippen LogP) is 0.632. The lowest BCUT2D eigenvalue weighted by Crippen LogP contribution is -2.43. The molecule has 29 heavy (non-hydrogen) atoms. The minimum atomic E-state index is -0.818. The lowest BCUT2D eigenvalue weighted by atomic mass is 10.1. The normalized spacial score (nSPS) is 21.0. The number of pyridine rings is 2. The first-order valence-corrected chi connectivity index (χ1v) is 9.55. The Labute approximate surface area is 167 Å². The van der Waals surface area contributed by atoms with Crippen LogP contribution in [0.3, 0.4) is 0 Å². The van der Waals surface area contributed by atoms with Gasteiger partial charge in [-0.3, -0.25) is 10.1 Å². The van der Waals surface area contributed by atoms with E-state index in [1.54, 1.807) is 12.3 Å². The minimum absolute atomic E-state index is 0.302. The molecule has 3 aliphatic rings. The zero-order valence-corrected chi connectivity index (χ0v) is 15.6. The van der Waals surface area contributed by atoms with Crippen LogP contribution in [0.5, 0.6) is 0 Å². The van der Waals surface area contributed by atoms with Crippen molar-refractivity contribution in [3.63, 3.8) is 0 Å². The number of urea groups is 1. The van der Waals surface area contributed by atoms with E-state index in [0.29, 0.717) is 12.4 Å². The largest absolute Gasteiger partial charge is 0.490 e. The highest BCUT2D eigenvalue weighted by Gasteiger charge is 2.35. The van der Waals surface area contributed by atoms with E-state index in [4.69, 9.17) is 9.72 Å². The molecule has 9 nitrogen and oxygen atoms in total. The van der Waals surface area contributed by atoms with E-state index < -0.39 is 18.0 Å². The number of fused-ring (bicyclic) bond motifs is 1. The quantitative estimate of drug-likeness (QED) is 0.658. The Morgan fingerprint density at radius 3 is 2.79 bits per heavy atom. The predicted molar refractivity (Wildman–Crippen MR) is 106 cm³/mol. The molecule has 1 atom stereocenters. The summed E-state index contributed by atoms with van der Waals surface area (Å²) in [6.45, 7) is 4.04. The van der Waals surface area contributed by atoms with Gasteiger partial charge in [0.05, 0.1) is 11.4 Å². The highest BCUT2D eigenvalue weighted by atomic mass is 16.5. The van der Waals surface area contributed by atoms with Crippen molar-refractivity contribution in [1.29, 1.82) is 0 Å². The number of aromatic nitrogens is 2. The SMILES string of the molecule is O=C1NC(=O)C(C2=Cc3nc(-c4ccnc(N5CCNCC5)c4)ccc3CO2)N1. The maximum Gasteiger partial charge on any atom is 0.322 e. The van der Waals surface area contributed by atoms with Gasteiger partial charge in [-0.05, 0) is 18.2 Å². The van der Waals surface area contributed by atoms with Gasteiger partial charge in [-0.25, -0.2) is 14.8 Å². The average Bonchev–Trinajstić information content (AvgIpc) is 3.11. The molecule has 0 bridgehead atoms. The Hall–Kier alpha value is -3.46. The molecule has 2 fully saturated rings. The third-order valence-electron chi connectivity index (χ3n) is 5.23. The van der Waals surface area contributed by atoms with Gasteiger partial charge in [0, 0.05) is 49.6 Å². The van der Waals surface area contributed by atoms with Crippen LogP contribution in [0.2, 0.25) is 0 Å². The smallest absolute Gasteiger partial charge is 0.322 e. The number of hydrogen-bond acceptors (Lipinski definition) is 7. The summed E-state index contributed by atoms with van der Waals surface area (Å²) < 4.78 is 5.67. The number of nitrogens with zero attached hydrogens (tertiary/aromatic N) is 3. The van der Waals surface area contributed by atoms with Crippen molar-refractivity contribution in [2.24, 2.45) is 0 Å². The maximum atomic E-state index is 11.9. The van der Waals surface area contributed by atoms with E-state index in [1.165, 1.54) is 0 Å². The molecule has 0 radical (unpaired) electrons. The van der Waals surface area contributed by atoms with E-state index in [0.717, 1.165) is 54.5 Å². The lowest BCUT2D eigenvalue weighted by Gasteiger charge is -2.28. The molecule has 2 aromatic rings. The standard InChI is InChI=1S/C20H20N6O3/c27-19-18(24-20(28)25-19)16-10-15-13(11-29-16)1-2-14(23-15)12-3-4-22-17(9-12)26-7-5-21-6-8-26/h1-4,9-10,18,21H,5-8,11H2,(H2,24,25,27,28). The molecule has 1 unspecified atom stereocenters. The maximum absolute atomic E-state index is 11.9. The summed E-state index contributed by atoms with van der Waals surface area (Å²) in [4.78, 5) is 34.9. The fourth-order valence-electron chi connectivity index (χ4n) is 3.68. The van der Waals surface area contributed by atoms with Gasteiger partial charge in [0.25, 0.3) is 5.91 Å². The first-order chi connectivity index (χ1) is 14.2. The van der Waals surface area contributed by atoms with Crippen LogP contribution in [-0.2, 0) is 16.1 Å². The lowest BCUT2D eigenvalue weighted by molar-refractivity contribution is -0.120. The Kier molecular flexibility index (Phi) is 4.36. The van der Waals surface area contributed by atoms with E-state index >= 15 is 0 Å². The van der Waals surface area contributed by atoms with Gasteiger partial charge in [-0.1, -0.05) is 6.07 Å². The third-order valence-corrected chi connectivity index (χ3v) is 5.23. The van der Waals surface area contributed by atoms with Crippen molar-refractivity contribution >= 4 is 23.8 Å². The third kappa shape index (κ3) is 3.40. The van der Waals surface area contributed by atoms with Gasteiger partial charge in [0.1, 0.15) is 18.2 Å². The summed E-state index contributed by atoms with van der Waals surface area (Å²) in [5.41, 5.74) is 3.46. The molecule has 0 saturated carbocycles. The van der Waals surface area contributed by atoms with Crippen LogP contribution < -0.4 is 20.9 Å². The fraction of sp³-hybridized carbons (Fsp3) is 0.300. The van der Waals surface area contributed by atoms with E-state index in [9.17, 15) is 9.59 Å². The zero-order chi connectivity index (χ0) is 19.8. The number of ether oxygens (including phenoxy) is 1. The van der Waals surface area contributed by atoms with Crippen molar-refractivity contribution in [3.8, 4) is 11.3 Å². The van der Waals surface area contributed by atoms with Gasteiger partial charge in [-0.15, -0.1) is 0 Å². The van der Waals surface area contributed by atoms with Crippen molar-refractivity contribution in [3.05, 3.63) is 47.5 Å². The second kappa shape index (κ2) is 7.17. The molecule has 5 heterocycles. The van der Waals surface area contributed by atoms with Crippen LogP contribution in [0.1, 0.15) is 11.3 Å². The van der Waals surface area contributed by atoms with Crippen molar-refractivity contribution in [2.75, 3.05) is 31.1 Å². The van der Waals surface area contributed by atoms with Crippen molar-refractivity contribution in [2.45, 2.75) is 12.6 Å². The number of rotatable bonds is 3. The summed E-state index contributed by atoms with van der Waals surface area (Å²) in [6, 6.07) is 6.59. The monoisotopic (exact) mass is 392 g/mol. The average molecular weight is 392 g/mol. The van der Waals surface area contributed by atoms with Gasteiger partial charge < -0.3 is 20.3 Å². The van der Waals surface area contributed by atoms with Gasteiger partial charge in [-0.2, -0.15) is 0 Å². The van der Waals surface area contributed by atoms with E-state index in [-0.39, 0.29) is 0 Å². The number of amides is 3. The number of piperazine rings is 1. The molecule has 3 N–H and O–H groups in total. The van der Waals surface area contributed by atoms with Gasteiger partial charge >= 0.3 is 6.03 Å². The number of carbonyl (C=O) groups excluding carboxylic acids is 2. The topological polar surface area (TPSA) is 108 Å². The van der Waals surface area contributed by atoms with Crippen LogP contribution in [0, 0.1) is 0 Å². The number of anilines is 1. The molecule has 5 rings (SSSR count). The Balaban J connectivity index is 1.45. The molecular formula is C20H20N6O3. The van der Waals surface area contributed by atoms with E-state index in [2.05, 4.69) is 31.9 Å². The molecular weight excluding hydrogens is 372 g/mol. The van der Waals surface area contributed by atoms with E-state index in [1.807, 2.05) is 18.2 Å². The number of carbonyl (C=O) groups is 2. The highest BCUT2D eigenvalue weighted by Crippen LogP contribution is 2.28. The first-order valence-electron chi connectivity index (χ1n) is 9.55. The molecule has 9 heteroatoms. The number of imide groups is 1. The van der Waals surface area contributed by atoms with Crippen LogP contribution >= 0.6 is 0 Å². The second-order valence-electron chi connectivity index (χ2n) is 7.11. The Bertz CT molecular complexity index is 1020. The molecule has 2 aromatic heterocycles. The molecule has 0 aliphatic carbocycles. The fourth-order valence-corrected chi connectivity index (χ4v) is 3.68. The minimum Gasteiger partial charge on any atom is -0.490 e. The molecule has 3 amide bonds. The molecule has 2 saturated heterocycles. The van der Waals surface area contributed by atoms with Crippen molar-refractivity contribution < 1.29 is 14.3 Å². The summed E-state index contributed by atoms with van der Waals surface area (Å²) in [7, 11) is 0. The summed E-state index contributed by atoms with van der Waals surface area (Å²) in [6.07, 6.45) is 3.52. The second-order valence-corrected chi connectivity index (χ2v) is 7.11. The highest BCUT2D eigenvalue weighted by molar-refractivity contribution is 6.06.